The number of hydrogen-bond donors (Lipinski definition) is 3. The van der Waals surface area contributed by atoms with Gasteiger partial charge in [-0.1, -0.05) is 30.3 Å². The Kier molecular flexibility index (Phi) is 5.42. The molecular weight excluding hydrogens is 334 g/mol. The molecule has 0 fully saturated rings. The summed E-state index contributed by atoms with van der Waals surface area (Å²) in [5, 5.41) is 20.5. The van der Waals surface area contributed by atoms with Crippen LogP contribution >= 0.6 is 0 Å². The molecule has 2 aromatic carbocycles. The highest BCUT2D eigenvalue weighted by atomic mass is 19.1. The van der Waals surface area contributed by atoms with Crippen LogP contribution in [0.15, 0.2) is 54.9 Å². The highest BCUT2D eigenvalue weighted by Crippen LogP contribution is 2.20. The first kappa shape index (κ1) is 18.2. The van der Waals surface area contributed by atoms with Gasteiger partial charge in [0.2, 0.25) is 0 Å². The van der Waals surface area contributed by atoms with E-state index in [1.165, 1.54) is 12.1 Å². The van der Waals surface area contributed by atoms with E-state index in [0.29, 0.717) is 5.56 Å². The summed E-state index contributed by atoms with van der Waals surface area (Å²) in [7, 11) is -1.95. The second-order valence-corrected chi connectivity index (χ2v) is 6.14. The molecule has 0 aliphatic heterocycles. The maximum atomic E-state index is 13.6. The number of carbonyl (C=O) groups is 1. The molecule has 0 aliphatic rings. The molecule has 0 spiro atoms. The van der Waals surface area contributed by atoms with Crippen molar-refractivity contribution >= 4 is 29.1 Å². The minimum absolute atomic E-state index is 0.0446. The molecule has 3 aromatic rings. The fraction of sp³-hybridized carbons (Fsp3) is 0.158. The molecule has 3 rings (SSSR count). The number of fused-ring (bicyclic) bond motifs is 1. The Morgan fingerprint density at radius 2 is 1.96 bits per heavy atom. The van der Waals surface area contributed by atoms with E-state index in [0.717, 1.165) is 22.4 Å². The zero-order valence-electron chi connectivity index (χ0n) is 14.0. The minimum atomic E-state index is -1.95. The van der Waals surface area contributed by atoms with Gasteiger partial charge in [0.15, 0.2) is 0 Å². The number of pyridine rings is 1. The zero-order valence-corrected chi connectivity index (χ0v) is 14.0. The van der Waals surface area contributed by atoms with Crippen LogP contribution in [0.25, 0.3) is 10.8 Å². The van der Waals surface area contributed by atoms with E-state index in [2.05, 4.69) is 4.98 Å². The molecule has 7 heteroatoms. The van der Waals surface area contributed by atoms with Crippen LogP contribution in [0.5, 0.6) is 0 Å². The average molecular weight is 352 g/mol. The maximum Gasteiger partial charge on any atom is 0.491 e. The summed E-state index contributed by atoms with van der Waals surface area (Å²) in [6.45, 7) is 0.0446. The Bertz CT molecular complexity index is 949. The third kappa shape index (κ3) is 3.80. The molecule has 1 heterocycles. The monoisotopic (exact) mass is 352 g/mol. The van der Waals surface area contributed by atoms with Gasteiger partial charge in [0.05, 0.1) is 5.92 Å². The topological polar surface area (TPSA) is 96.4 Å². The molecule has 0 amide bonds. The minimum Gasteiger partial charge on any atom is -0.423 e. The first-order valence-corrected chi connectivity index (χ1v) is 8.20. The van der Waals surface area contributed by atoms with Crippen molar-refractivity contribution in [3.63, 3.8) is 0 Å². The van der Waals surface area contributed by atoms with Crippen molar-refractivity contribution in [3.8, 4) is 0 Å². The van der Waals surface area contributed by atoms with E-state index in [1.807, 2.05) is 24.3 Å². The number of Topliss-reactive ketones (excluding diaryl/α,β-unsaturated/α-hetero) is 1. The van der Waals surface area contributed by atoms with E-state index in [9.17, 15) is 19.2 Å². The lowest BCUT2D eigenvalue weighted by molar-refractivity contribution is -0.119. The van der Waals surface area contributed by atoms with Crippen LogP contribution in [0.2, 0.25) is 0 Å². The first-order chi connectivity index (χ1) is 12.5. The van der Waals surface area contributed by atoms with Crippen molar-refractivity contribution in [2.45, 2.75) is 12.3 Å². The molecule has 1 unspecified atom stereocenters. The summed E-state index contributed by atoms with van der Waals surface area (Å²) >= 11 is 0. The quantitative estimate of drug-likeness (QED) is 0.573. The fourth-order valence-electron chi connectivity index (χ4n) is 3.00. The molecule has 132 valence electrons. The summed E-state index contributed by atoms with van der Waals surface area (Å²) < 4.78 is 13.6. The summed E-state index contributed by atoms with van der Waals surface area (Å²) in [5.74, 6) is -1.51. The molecule has 0 saturated carbocycles. The van der Waals surface area contributed by atoms with Gasteiger partial charge in [-0.15, -0.1) is 0 Å². The number of ketones is 1. The summed E-state index contributed by atoms with van der Waals surface area (Å²) in [5.41, 5.74) is 6.80. The van der Waals surface area contributed by atoms with Crippen LogP contribution in [0.4, 0.5) is 4.39 Å². The second kappa shape index (κ2) is 7.74. The summed E-state index contributed by atoms with van der Waals surface area (Å²) in [4.78, 5) is 16.8. The van der Waals surface area contributed by atoms with Crippen molar-refractivity contribution in [2.24, 2.45) is 5.73 Å². The van der Waals surface area contributed by atoms with Crippen molar-refractivity contribution in [2.75, 3.05) is 6.54 Å². The van der Waals surface area contributed by atoms with E-state index in [4.69, 9.17) is 5.73 Å². The van der Waals surface area contributed by atoms with Crippen molar-refractivity contribution < 1.29 is 19.2 Å². The number of hydrogen-bond acceptors (Lipinski definition) is 5. The van der Waals surface area contributed by atoms with Gasteiger partial charge < -0.3 is 15.8 Å². The van der Waals surface area contributed by atoms with Crippen LogP contribution < -0.4 is 11.2 Å². The molecule has 0 aliphatic carbocycles. The second-order valence-electron chi connectivity index (χ2n) is 6.14. The number of nitrogens with two attached hydrogens (primary N) is 1. The van der Waals surface area contributed by atoms with Gasteiger partial charge in [-0.05, 0) is 28.6 Å². The van der Waals surface area contributed by atoms with Gasteiger partial charge in [0, 0.05) is 36.2 Å². The fourth-order valence-corrected chi connectivity index (χ4v) is 3.00. The number of aromatic nitrogens is 1. The molecule has 4 N–H and O–H groups in total. The number of carbonyl (C=O) groups excluding carboxylic acids is 1. The molecule has 0 radical (unpaired) electrons. The van der Waals surface area contributed by atoms with Crippen LogP contribution in [-0.4, -0.2) is 34.5 Å². The molecule has 5 nitrogen and oxygen atoms in total. The zero-order chi connectivity index (χ0) is 18.7. The molecule has 0 bridgehead atoms. The van der Waals surface area contributed by atoms with Gasteiger partial charge >= 0.3 is 7.12 Å². The standard InChI is InChI=1S/C19H18BFN2O3/c21-18-4-3-14(9-17(18)20(25)26)16(10-22)19(24)8-12-1-2-15-11-23-6-5-13(15)7-12/h1-7,9,11,16,25-26H,8,10,22H2. The Morgan fingerprint density at radius 1 is 1.15 bits per heavy atom. The summed E-state index contributed by atoms with van der Waals surface area (Å²) in [6.07, 6.45) is 3.62. The van der Waals surface area contributed by atoms with E-state index < -0.39 is 18.9 Å². The van der Waals surface area contributed by atoms with Crippen molar-refractivity contribution in [3.05, 3.63) is 71.8 Å². The van der Waals surface area contributed by atoms with Crippen molar-refractivity contribution in [1.29, 1.82) is 0 Å². The molecule has 26 heavy (non-hydrogen) atoms. The van der Waals surface area contributed by atoms with Crippen LogP contribution in [0.3, 0.4) is 0 Å². The Labute approximate surface area is 150 Å². The lowest BCUT2D eigenvalue weighted by Gasteiger charge is -2.16. The SMILES string of the molecule is NCC(C(=O)Cc1ccc2cnccc2c1)c1ccc(F)c(B(O)O)c1. The van der Waals surface area contributed by atoms with Gasteiger partial charge in [-0.2, -0.15) is 0 Å². The smallest absolute Gasteiger partial charge is 0.423 e. The van der Waals surface area contributed by atoms with E-state index in [1.54, 1.807) is 12.4 Å². The van der Waals surface area contributed by atoms with E-state index in [-0.39, 0.29) is 24.2 Å². The predicted octanol–water partition coefficient (Wildman–Crippen LogP) is 0.908. The first-order valence-electron chi connectivity index (χ1n) is 8.20. The number of halogens is 1. The lowest BCUT2D eigenvalue weighted by Crippen LogP contribution is -2.34. The van der Waals surface area contributed by atoms with E-state index >= 15 is 0 Å². The molecule has 0 saturated heterocycles. The number of benzene rings is 2. The third-order valence-corrected chi connectivity index (χ3v) is 4.41. The van der Waals surface area contributed by atoms with Gasteiger partial charge in [-0.3, -0.25) is 9.78 Å². The Hall–Kier alpha value is -2.61. The Balaban J connectivity index is 1.85. The van der Waals surface area contributed by atoms with Gasteiger partial charge in [0.25, 0.3) is 0 Å². The Morgan fingerprint density at radius 3 is 2.69 bits per heavy atom. The molecular formula is C19H18BFN2O3. The normalized spacial score (nSPS) is 12.2. The number of rotatable bonds is 6. The average Bonchev–Trinajstić information content (AvgIpc) is 2.63. The summed E-state index contributed by atoms with van der Waals surface area (Å²) in [6, 6.07) is 11.4. The van der Waals surface area contributed by atoms with Crippen molar-refractivity contribution in [1.82, 2.24) is 4.98 Å². The molecule has 1 atom stereocenters. The van der Waals surface area contributed by atoms with Gasteiger partial charge in [0.1, 0.15) is 11.6 Å². The van der Waals surface area contributed by atoms with Crippen LogP contribution in [0, 0.1) is 5.82 Å². The maximum absolute atomic E-state index is 13.6. The lowest BCUT2D eigenvalue weighted by atomic mass is 9.77. The largest absolute Gasteiger partial charge is 0.491 e. The highest BCUT2D eigenvalue weighted by Gasteiger charge is 2.23. The van der Waals surface area contributed by atoms with Crippen LogP contribution in [-0.2, 0) is 11.2 Å². The number of nitrogens with zero attached hydrogens (tertiary/aromatic N) is 1. The van der Waals surface area contributed by atoms with Crippen LogP contribution in [0.1, 0.15) is 17.0 Å². The highest BCUT2D eigenvalue weighted by molar-refractivity contribution is 6.58. The molecule has 1 aromatic heterocycles. The predicted molar refractivity (Wildman–Crippen MR) is 98.5 cm³/mol. The third-order valence-electron chi connectivity index (χ3n) is 4.41. The van der Waals surface area contributed by atoms with Gasteiger partial charge in [-0.25, -0.2) is 4.39 Å².